The molecule has 3 heterocycles. The second kappa shape index (κ2) is 8.93. The first-order chi connectivity index (χ1) is 14.5. The Morgan fingerprint density at radius 3 is 2.37 bits per heavy atom. The zero-order valence-corrected chi connectivity index (χ0v) is 17.7. The summed E-state index contributed by atoms with van der Waals surface area (Å²) in [6.45, 7) is 3.27. The van der Waals surface area contributed by atoms with Crippen LogP contribution in [0.2, 0.25) is 0 Å². The van der Waals surface area contributed by atoms with Gasteiger partial charge in [0.2, 0.25) is 17.7 Å². The number of nitrogens with zero attached hydrogens (tertiary/aromatic N) is 4. The minimum absolute atomic E-state index is 0.130. The summed E-state index contributed by atoms with van der Waals surface area (Å²) in [5.74, 6) is 0.168. The molecule has 2 aromatic rings. The van der Waals surface area contributed by atoms with Crippen molar-refractivity contribution in [3.05, 3.63) is 34.7 Å². The number of thiazole rings is 1. The van der Waals surface area contributed by atoms with Crippen molar-refractivity contribution in [1.29, 1.82) is 0 Å². The number of likely N-dealkylation sites (tertiary alicyclic amines) is 1. The second-order valence-electron chi connectivity index (χ2n) is 7.39. The lowest BCUT2D eigenvalue weighted by Crippen LogP contribution is -2.51. The van der Waals surface area contributed by atoms with Crippen LogP contribution in [-0.4, -0.2) is 77.2 Å². The third-order valence-electron chi connectivity index (χ3n) is 5.47. The third kappa shape index (κ3) is 4.52. The first kappa shape index (κ1) is 20.5. The van der Waals surface area contributed by atoms with E-state index >= 15 is 0 Å². The van der Waals surface area contributed by atoms with Gasteiger partial charge in [-0.2, -0.15) is 0 Å². The van der Waals surface area contributed by atoms with Gasteiger partial charge in [0.15, 0.2) is 0 Å². The lowest BCUT2D eigenvalue weighted by molar-refractivity contribution is -0.146. The summed E-state index contributed by atoms with van der Waals surface area (Å²) in [4.78, 5) is 45.7. The van der Waals surface area contributed by atoms with E-state index in [-0.39, 0.29) is 37.1 Å². The number of hydrogen-bond donors (Lipinski definition) is 0. The van der Waals surface area contributed by atoms with Gasteiger partial charge in [-0.25, -0.2) is 4.98 Å². The van der Waals surface area contributed by atoms with Crippen molar-refractivity contribution in [1.82, 2.24) is 19.7 Å². The molecule has 1 aromatic heterocycles. The van der Waals surface area contributed by atoms with Gasteiger partial charge in [-0.15, -0.1) is 11.3 Å². The Kier molecular flexibility index (Phi) is 6.10. The van der Waals surface area contributed by atoms with Gasteiger partial charge in [0.25, 0.3) is 0 Å². The number of piperazine rings is 1. The zero-order valence-electron chi connectivity index (χ0n) is 16.9. The molecule has 0 saturated carbocycles. The van der Waals surface area contributed by atoms with Crippen molar-refractivity contribution in [2.24, 2.45) is 0 Å². The Balaban J connectivity index is 1.27. The third-order valence-corrected chi connectivity index (χ3v) is 6.30. The number of hydrogen-bond acceptors (Lipinski definition) is 7. The molecule has 8 nitrogen and oxygen atoms in total. The molecular weight excluding hydrogens is 404 g/mol. The summed E-state index contributed by atoms with van der Waals surface area (Å²) >= 11 is 1.63. The molecule has 1 aromatic carbocycles. The molecule has 30 heavy (non-hydrogen) atoms. The second-order valence-corrected chi connectivity index (χ2v) is 8.33. The van der Waals surface area contributed by atoms with Crippen LogP contribution < -0.4 is 4.74 Å². The molecule has 2 aliphatic heterocycles. The molecule has 0 bridgehead atoms. The Hall–Kier alpha value is -2.78. The van der Waals surface area contributed by atoms with Gasteiger partial charge in [-0.3, -0.25) is 24.2 Å². The number of rotatable bonds is 6. The largest absolute Gasteiger partial charge is 0.497 e. The van der Waals surface area contributed by atoms with Crippen LogP contribution in [0.5, 0.6) is 5.75 Å². The van der Waals surface area contributed by atoms with E-state index in [1.807, 2.05) is 24.3 Å². The van der Waals surface area contributed by atoms with Crippen LogP contribution in [0.3, 0.4) is 0 Å². The van der Waals surface area contributed by atoms with E-state index in [2.05, 4.69) is 10.3 Å². The Morgan fingerprint density at radius 2 is 1.73 bits per heavy atom. The van der Waals surface area contributed by atoms with Crippen LogP contribution in [0, 0.1) is 0 Å². The van der Waals surface area contributed by atoms with Crippen molar-refractivity contribution in [2.75, 3.05) is 39.8 Å². The van der Waals surface area contributed by atoms with Crippen LogP contribution >= 0.6 is 11.3 Å². The van der Waals surface area contributed by atoms with E-state index in [1.54, 1.807) is 23.3 Å². The van der Waals surface area contributed by atoms with Crippen LogP contribution in [0.15, 0.2) is 29.6 Å². The molecule has 2 aliphatic rings. The van der Waals surface area contributed by atoms with Gasteiger partial charge in [0, 0.05) is 50.0 Å². The molecule has 2 saturated heterocycles. The van der Waals surface area contributed by atoms with Gasteiger partial charge in [-0.1, -0.05) is 0 Å². The highest BCUT2D eigenvalue weighted by Crippen LogP contribution is 2.25. The first-order valence-electron chi connectivity index (χ1n) is 9.95. The number of aromatic nitrogens is 1. The highest BCUT2D eigenvalue weighted by atomic mass is 32.1. The monoisotopic (exact) mass is 428 g/mol. The highest BCUT2D eigenvalue weighted by molar-refractivity contribution is 7.09. The number of carbonyl (C=O) groups is 3. The number of ether oxygens (including phenoxy) is 1. The SMILES string of the molecule is COc1ccc(-c2csc(CN3CCN(C(=O)CN4C(=O)CCC4=O)CC3)n2)cc1. The van der Waals surface area contributed by atoms with Crippen molar-refractivity contribution < 1.29 is 19.1 Å². The van der Waals surface area contributed by atoms with Gasteiger partial charge >= 0.3 is 0 Å². The normalized spacial score (nSPS) is 17.6. The fourth-order valence-electron chi connectivity index (χ4n) is 3.66. The molecule has 0 radical (unpaired) electrons. The van der Waals surface area contributed by atoms with Crippen LogP contribution in [0.4, 0.5) is 0 Å². The van der Waals surface area contributed by atoms with Gasteiger partial charge < -0.3 is 9.64 Å². The lowest BCUT2D eigenvalue weighted by Gasteiger charge is -2.34. The van der Waals surface area contributed by atoms with E-state index in [4.69, 9.17) is 9.72 Å². The van der Waals surface area contributed by atoms with Gasteiger partial charge in [0.1, 0.15) is 17.3 Å². The molecule has 0 spiro atoms. The Morgan fingerprint density at radius 1 is 1.07 bits per heavy atom. The Bertz CT molecular complexity index is 919. The number of benzene rings is 1. The topological polar surface area (TPSA) is 83.0 Å². The lowest BCUT2D eigenvalue weighted by atomic mass is 10.2. The number of carbonyl (C=O) groups excluding carboxylic acids is 3. The fourth-order valence-corrected chi connectivity index (χ4v) is 4.50. The molecule has 2 fully saturated rings. The molecule has 0 aliphatic carbocycles. The number of methoxy groups -OCH3 is 1. The van der Waals surface area contributed by atoms with Crippen molar-refractivity contribution in [2.45, 2.75) is 19.4 Å². The van der Waals surface area contributed by atoms with Crippen LogP contribution in [0.1, 0.15) is 17.8 Å². The summed E-state index contributed by atoms with van der Waals surface area (Å²) < 4.78 is 5.20. The predicted octanol–water partition coefficient (Wildman–Crippen LogP) is 1.61. The van der Waals surface area contributed by atoms with E-state index in [0.29, 0.717) is 13.1 Å². The smallest absolute Gasteiger partial charge is 0.242 e. The van der Waals surface area contributed by atoms with E-state index in [1.165, 1.54) is 0 Å². The summed E-state index contributed by atoms with van der Waals surface area (Å²) in [5, 5.41) is 3.09. The summed E-state index contributed by atoms with van der Waals surface area (Å²) in [6.07, 6.45) is 0.429. The summed E-state index contributed by atoms with van der Waals surface area (Å²) in [6, 6.07) is 7.84. The molecule has 4 rings (SSSR count). The van der Waals surface area contributed by atoms with E-state index in [9.17, 15) is 14.4 Å². The average Bonchev–Trinajstić information content (AvgIpc) is 3.36. The van der Waals surface area contributed by atoms with Crippen LogP contribution in [-0.2, 0) is 20.9 Å². The molecule has 0 N–H and O–H groups in total. The first-order valence-corrected chi connectivity index (χ1v) is 10.8. The zero-order chi connectivity index (χ0) is 21.1. The fraction of sp³-hybridized carbons (Fsp3) is 0.429. The van der Waals surface area contributed by atoms with E-state index < -0.39 is 0 Å². The van der Waals surface area contributed by atoms with E-state index in [0.717, 1.165) is 46.5 Å². The maximum Gasteiger partial charge on any atom is 0.242 e. The number of amides is 3. The molecule has 158 valence electrons. The molecule has 9 heteroatoms. The number of imide groups is 1. The summed E-state index contributed by atoms with van der Waals surface area (Å²) in [7, 11) is 1.65. The van der Waals surface area contributed by atoms with Crippen molar-refractivity contribution >= 4 is 29.1 Å². The summed E-state index contributed by atoms with van der Waals surface area (Å²) in [5.41, 5.74) is 2.01. The predicted molar refractivity (Wildman–Crippen MR) is 112 cm³/mol. The average molecular weight is 429 g/mol. The Labute approximate surface area is 179 Å². The standard InChI is InChI=1S/C21H24N4O4S/c1-29-16-4-2-15(3-5-16)17-14-30-18(22-17)12-23-8-10-24(11-9-23)21(28)13-25-19(26)6-7-20(25)27/h2-5,14H,6-13H2,1H3. The minimum atomic E-state index is -0.247. The quantitative estimate of drug-likeness (QED) is 0.650. The van der Waals surface area contributed by atoms with Crippen LogP contribution in [0.25, 0.3) is 11.3 Å². The molecule has 0 unspecified atom stereocenters. The van der Waals surface area contributed by atoms with Gasteiger partial charge in [-0.05, 0) is 24.3 Å². The van der Waals surface area contributed by atoms with Crippen molar-refractivity contribution in [3.63, 3.8) is 0 Å². The highest BCUT2D eigenvalue weighted by Gasteiger charge is 2.32. The maximum absolute atomic E-state index is 12.5. The minimum Gasteiger partial charge on any atom is -0.497 e. The maximum atomic E-state index is 12.5. The van der Waals surface area contributed by atoms with Gasteiger partial charge in [0.05, 0.1) is 19.3 Å². The molecule has 0 atom stereocenters. The molecular formula is C21H24N4O4S. The molecule has 3 amide bonds. The van der Waals surface area contributed by atoms with Crippen molar-refractivity contribution in [3.8, 4) is 17.0 Å².